The molecule has 3 heterocycles. The van der Waals surface area contributed by atoms with Gasteiger partial charge in [-0.1, -0.05) is 0 Å². The molecule has 0 saturated carbocycles. The second-order valence-corrected chi connectivity index (χ2v) is 8.40. The average molecular weight is 496 g/mol. The molecule has 2 aromatic heterocycles. The fourth-order valence-electron chi connectivity index (χ4n) is 3.87. The Labute approximate surface area is 197 Å². The van der Waals surface area contributed by atoms with Crippen molar-refractivity contribution in [2.45, 2.75) is 31.9 Å². The van der Waals surface area contributed by atoms with E-state index in [1.807, 2.05) is 19.0 Å². The van der Waals surface area contributed by atoms with Crippen molar-refractivity contribution >= 4 is 17.3 Å². The topological polar surface area (TPSA) is 57.2 Å². The number of nitrogens with zero attached hydrogens (tertiary/aromatic N) is 5. The number of aromatic nitrogens is 3. The van der Waals surface area contributed by atoms with Crippen LogP contribution in [0.1, 0.15) is 28.2 Å². The second kappa shape index (κ2) is 9.33. The van der Waals surface area contributed by atoms with Crippen LogP contribution in [0.3, 0.4) is 0 Å². The summed E-state index contributed by atoms with van der Waals surface area (Å²) in [5.74, 6) is 0.682. The van der Waals surface area contributed by atoms with Crippen molar-refractivity contribution < 1.29 is 26.3 Å². The second-order valence-electron chi connectivity index (χ2n) is 8.40. The minimum atomic E-state index is -4.55. The molecule has 1 aliphatic heterocycles. The predicted molar refractivity (Wildman–Crippen MR) is 118 cm³/mol. The van der Waals surface area contributed by atoms with Crippen LogP contribution in [-0.2, 0) is 31.9 Å². The molecule has 6 nitrogen and oxygen atoms in total. The smallest absolute Gasteiger partial charge is 0.350 e. The normalized spacial score (nSPS) is 14.3. The highest BCUT2D eigenvalue weighted by atomic mass is 19.4. The van der Waals surface area contributed by atoms with Crippen molar-refractivity contribution in [2.24, 2.45) is 0 Å². The van der Waals surface area contributed by atoms with Crippen molar-refractivity contribution in [3.8, 4) is 0 Å². The van der Waals surface area contributed by atoms with Crippen LogP contribution in [0.5, 0.6) is 0 Å². The molecule has 1 aromatic carbocycles. The number of alkyl halides is 6. The Morgan fingerprint density at radius 1 is 0.971 bits per heavy atom. The standard InChI is InChI=1S/C23H22F6N6/c1-34(2)13-19-32-18-12-35(21-17(23(27,28)29)4-3-10-30-21)11-9-16(18)20(33-19)31-15-7-5-14(6-8-15)22(24,25)26/h3-8,10H,9,11-13H2,1-2H3,(H,31,32,33). The lowest BCUT2D eigenvalue weighted by molar-refractivity contribution is -0.138. The summed E-state index contributed by atoms with van der Waals surface area (Å²) in [5, 5.41) is 3.06. The van der Waals surface area contributed by atoms with Crippen LogP contribution in [0, 0.1) is 0 Å². The zero-order chi connectivity index (χ0) is 25.4. The molecular formula is C23H22F6N6. The van der Waals surface area contributed by atoms with Crippen LogP contribution in [0.2, 0.25) is 0 Å². The van der Waals surface area contributed by atoms with E-state index in [2.05, 4.69) is 20.3 Å². The molecule has 186 valence electrons. The number of hydrogen-bond donors (Lipinski definition) is 1. The van der Waals surface area contributed by atoms with E-state index >= 15 is 0 Å². The van der Waals surface area contributed by atoms with E-state index in [4.69, 9.17) is 0 Å². The van der Waals surface area contributed by atoms with Crippen molar-refractivity contribution in [3.05, 3.63) is 70.8 Å². The Bertz CT molecular complexity index is 1190. The van der Waals surface area contributed by atoms with Gasteiger partial charge in [-0.3, -0.25) is 0 Å². The van der Waals surface area contributed by atoms with Gasteiger partial charge in [0.1, 0.15) is 17.5 Å². The van der Waals surface area contributed by atoms with Gasteiger partial charge in [-0.25, -0.2) is 15.0 Å². The van der Waals surface area contributed by atoms with E-state index in [0.717, 1.165) is 18.2 Å². The van der Waals surface area contributed by atoms with Crippen molar-refractivity contribution in [3.63, 3.8) is 0 Å². The van der Waals surface area contributed by atoms with Gasteiger partial charge in [0.25, 0.3) is 0 Å². The van der Waals surface area contributed by atoms with Gasteiger partial charge in [-0.2, -0.15) is 26.3 Å². The molecule has 0 radical (unpaired) electrons. The Balaban J connectivity index is 1.68. The number of benzene rings is 1. The first-order chi connectivity index (χ1) is 16.4. The van der Waals surface area contributed by atoms with Gasteiger partial charge in [0.2, 0.25) is 0 Å². The first-order valence-electron chi connectivity index (χ1n) is 10.7. The number of halogens is 6. The van der Waals surface area contributed by atoms with Crippen molar-refractivity contribution in [1.82, 2.24) is 19.9 Å². The molecule has 0 aliphatic carbocycles. The summed E-state index contributed by atoms with van der Waals surface area (Å²) >= 11 is 0. The van der Waals surface area contributed by atoms with Crippen LogP contribution in [0.4, 0.5) is 43.7 Å². The Morgan fingerprint density at radius 2 is 1.69 bits per heavy atom. The molecule has 0 bridgehead atoms. The maximum atomic E-state index is 13.5. The van der Waals surface area contributed by atoms with Gasteiger partial charge in [0.15, 0.2) is 0 Å². The summed E-state index contributed by atoms with van der Waals surface area (Å²) in [4.78, 5) is 16.5. The first-order valence-corrected chi connectivity index (χ1v) is 10.7. The molecule has 0 saturated heterocycles. The van der Waals surface area contributed by atoms with Gasteiger partial charge in [-0.05, 0) is 56.9 Å². The molecule has 0 fully saturated rings. The van der Waals surface area contributed by atoms with Gasteiger partial charge >= 0.3 is 12.4 Å². The third kappa shape index (κ3) is 5.64. The van der Waals surface area contributed by atoms with Crippen LogP contribution in [0.25, 0.3) is 0 Å². The summed E-state index contributed by atoms with van der Waals surface area (Å²) in [6.07, 6.45) is -7.36. The first kappa shape index (κ1) is 24.7. The average Bonchev–Trinajstić information content (AvgIpc) is 2.77. The highest BCUT2D eigenvalue weighted by molar-refractivity contribution is 5.62. The highest BCUT2D eigenvalue weighted by Crippen LogP contribution is 2.37. The number of pyridine rings is 1. The lowest BCUT2D eigenvalue weighted by Gasteiger charge is -2.32. The summed E-state index contributed by atoms with van der Waals surface area (Å²) in [5.41, 5.74) is 0.0484. The van der Waals surface area contributed by atoms with Crippen LogP contribution in [-0.4, -0.2) is 40.5 Å². The lowest BCUT2D eigenvalue weighted by Crippen LogP contribution is -2.34. The largest absolute Gasteiger partial charge is 0.419 e. The third-order valence-electron chi connectivity index (χ3n) is 5.44. The number of hydrogen-bond acceptors (Lipinski definition) is 6. The monoisotopic (exact) mass is 496 g/mol. The molecule has 0 spiro atoms. The van der Waals surface area contributed by atoms with E-state index in [1.54, 1.807) is 0 Å². The van der Waals surface area contributed by atoms with E-state index in [0.29, 0.717) is 41.6 Å². The zero-order valence-electron chi connectivity index (χ0n) is 18.9. The molecule has 12 heteroatoms. The minimum Gasteiger partial charge on any atom is -0.350 e. The van der Waals surface area contributed by atoms with E-state index in [-0.39, 0.29) is 18.9 Å². The van der Waals surface area contributed by atoms with Crippen molar-refractivity contribution in [1.29, 1.82) is 0 Å². The predicted octanol–water partition coefficient (Wildman–Crippen LogP) is 5.28. The van der Waals surface area contributed by atoms with Gasteiger partial charge in [-0.15, -0.1) is 0 Å². The summed E-state index contributed by atoms with van der Waals surface area (Å²) < 4.78 is 79.3. The maximum Gasteiger partial charge on any atom is 0.419 e. The molecule has 0 unspecified atom stereocenters. The van der Waals surface area contributed by atoms with Crippen LogP contribution in [0.15, 0.2) is 42.6 Å². The molecule has 1 N–H and O–H groups in total. The molecule has 1 aliphatic rings. The van der Waals surface area contributed by atoms with E-state index in [1.165, 1.54) is 29.3 Å². The summed E-state index contributed by atoms with van der Waals surface area (Å²) in [7, 11) is 3.64. The zero-order valence-corrected chi connectivity index (χ0v) is 18.9. The van der Waals surface area contributed by atoms with Gasteiger partial charge in [0.05, 0.1) is 29.9 Å². The third-order valence-corrected chi connectivity index (χ3v) is 5.44. The summed E-state index contributed by atoms with van der Waals surface area (Å²) in [6.45, 7) is 0.692. The Kier molecular flexibility index (Phi) is 6.58. The number of fused-ring (bicyclic) bond motifs is 1. The number of nitrogens with one attached hydrogen (secondary N) is 1. The molecule has 35 heavy (non-hydrogen) atoms. The summed E-state index contributed by atoms with van der Waals surface area (Å²) in [6, 6.07) is 6.79. The lowest BCUT2D eigenvalue weighted by atomic mass is 10.0. The van der Waals surface area contributed by atoms with E-state index < -0.39 is 23.5 Å². The molecule has 0 atom stereocenters. The van der Waals surface area contributed by atoms with Gasteiger partial charge < -0.3 is 15.1 Å². The van der Waals surface area contributed by atoms with Crippen molar-refractivity contribution in [2.75, 3.05) is 30.9 Å². The Morgan fingerprint density at radius 3 is 2.31 bits per heavy atom. The highest BCUT2D eigenvalue weighted by Gasteiger charge is 2.37. The fourth-order valence-corrected chi connectivity index (χ4v) is 3.87. The Hall–Kier alpha value is -3.41. The van der Waals surface area contributed by atoms with Crippen LogP contribution >= 0.6 is 0 Å². The molecule has 4 rings (SSSR count). The SMILES string of the molecule is CN(C)Cc1nc2c(c(Nc3ccc(C(F)(F)F)cc3)n1)CCN(c1ncccc1C(F)(F)F)C2. The fraction of sp³-hybridized carbons (Fsp3) is 0.348. The number of anilines is 3. The number of rotatable bonds is 5. The molecule has 3 aromatic rings. The minimum absolute atomic E-state index is 0.0834. The van der Waals surface area contributed by atoms with Crippen LogP contribution < -0.4 is 10.2 Å². The molecular weight excluding hydrogens is 474 g/mol. The van der Waals surface area contributed by atoms with E-state index in [9.17, 15) is 26.3 Å². The quantitative estimate of drug-likeness (QED) is 0.486. The van der Waals surface area contributed by atoms with Gasteiger partial charge in [0, 0.05) is 24.0 Å². The molecule has 0 amide bonds. The maximum absolute atomic E-state index is 13.5.